The van der Waals surface area contributed by atoms with Crippen LogP contribution in [0.4, 0.5) is 14.4 Å². The average Bonchev–Trinajstić information content (AvgIpc) is 0.765. The van der Waals surface area contributed by atoms with E-state index in [1.54, 1.807) is 31.4 Å². The third-order valence-corrected chi connectivity index (χ3v) is 17.8. The first-order valence-electron chi connectivity index (χ1n) is 32.4. The molecule has 0 saturated carbocycles. The predicted octanol–water partition coefficient (Wildman–Crippen LogP) is 8.29. The SMILES string of the molecule is CC.CCOC(=O)N1CCCC(C[C@H]2C(=O)N(C(=O)N3CCN(C(=O)CCCCCc4ccccc4)CC3)C2C(=O)OCc2ccccc2)C1.Cl.N=C(N)N1CCCC(C[C@H]2C(=O)N(C(=O)N3CCN(C(=O)CCCCCc4ccccc4)CC3)C2C(=O)O)C1. The maximum absolute atomic E-state index is 13.7. The number of carboxylic acid groups (broad SMARTS) is 1. The van der Waals surface area contributed by atoms with Crippen LogP contribution in [0.1, 0.15) is 127 Å². The average molecular weight is 1270 g/mol. The zero-order valence-corrected chi connectivity index (χ0v) is 53.7. The number of carboxylic acids is 1. The molecule has 23 heteroatoms. The number of halogens is 1. The molecule has 4 unspecified atom stereocenters. The van der Waals surface area contributed by atoms with Crippen LogP contribution in [0.25, 0.3) is 0 Å². The van der Waals surface area contributed by atoms with Crippen molar-refractivity contribution >= 4 is 72.1 Å². The molecule has 6 saturated heterocycles. The Bertz CT molecular complexity index is 2840. The van der Waals surface area contributed by atoms with Crippen LogP contribution in [-0.4, -0.2) is 201 Å². The van der Waals surface area contributed by atoms with Gasteiger partial charge in [-0.25, -0.2) is 33.8 Å². The summed E-state index contributed by atoms with van der Waals surface area (Å²) in [5, 5.41) is 17.5. The van der Waals surface area contributed by atoms with Crippen molar-refractivity contribution < 1.29 is 57.7 Å². The highest BCUT2D eigenvalue weighted by molar-refractivity contribution is 6.08. The number of rotatable bonds is 21. The highest BCUT2D eigenvalue weighted by Crippen LogP contribution is 2.38. The maximum Gasteiger partial charge on any atom is 0.409 e. The van der Waals surface area contributed by atoms with E-state index in [1.165, 1.54) is 16.0 Å². The Balaban J connectivity index is 0.000000281. The minimum absolute atomic E-state index is 0. The number of nitrogens with one attached hydrogen (secondary N) is 1. The molecule has 90 heavy (non-hydrogen) atoms. The number of aliphatic carboxylic acids is 1. The number of aryl methyl sites for hydroxylation is 2. The van der Waals surface area contributed by atoms with Gasteiger partial charge in [0.1, 0.15) is 6.61 Å². The number of unbranched alkanes of at least 4 members (excludes halogenated alkanes) is 4. The summed E-state index contributed by atoms with van der Waals surface area (Å²) in [6.07, 6.45) is 12.2. The molecule has 6 heterocycles. The van der Waals surface area contributed by atoms with E-state index in [9.17, 15) is 48.3 Å². The predicted molar refractivity (Wildman–Crippen MR) is 342 cm³/mol. The van der Waals surface area contributed by atoms with Gasteiger partial charge in [0.2, 0.25) is 23.6 Å². The van der Waals surface area contributed by atoms with E-state index in [0.29, 0.717) is 78.0 Å². The number of guanidine groups is 1. The summed E-state index contributed by atoms with van der Waals surface area (Å²) in [6, 6.07) is 26.5. The molecule has 492 valence electrons. The Hall–Kier alpha value is -7.75. The second-order valence-corrected chi connectivity index (χ2v) is 23.8. The highest BCUT2D eigenvalue weighted by atomic mass is 35.5. The molecule has 0 aromatic heterocycles. The molecule has 6 fully saturated rings. The van der Waals surface area contributed by atoms with E-state index in [4.69, 9.17) is 20.6 Å². The van der Waals surface area contributed by atoms with E-state index in [1.807, 2.05) is 80.6 Å². The number of nitrogens with zero attached hydrogens (tertiary/aromatic N) is 8. The molecule has 4 N–H and O–H groups in total. The second-order valence-electron chi connectivity index (χ2n) is 23.8. The van der Waals surface area contributed by atoms with Crippen molar-refractivity contribution in [2.75, 3.05) is 85.1 Å². The molecule has 3 aromatic carbocycles. The number of ether oxygens (including phenoxy) is 2. The zero-order valence-electron chi connectivity index (χ0n) is 52.8. The van der Waals surface area contributed by atoms with Crippen LogP contribution in [0.3, 0.4) is 0 Å². The smallest absolute Gasteiger partial charge is 0.409 e. The van der Waals surface area contributed by atoms with Gasteiger partial charge < -0.3 is 49.7 Å². The lowest BCUT2D eigenvalue weighted by Crippen LogP contribution is -2.70. The van der Waals surface area contributed by atoms with Crippen molar-refractivity contribution in [1.29, 1.82) is 5.41 Å². The molecule has 6 aliphatic heterocycles. The van der Waals surface area contributed by atoms with Gasteiger partial charge >= 0.3 is 30.1 Å². The molecule has 0 aliphatic carbocycles. The number of piperidine rings is 2. The number of benzene rings is 3. The van der Waals surface area contributed by atoms with Crippen molar-refractivity contribution in [3.8, 4) is 0 Å². The summed E-state index contributed by atoms with van der Waals surface area (Å²) in [6.45, 7) is 10.9. The number of amides is 9. The van der Waals surface area contributed by atoms with Gasteiger partial charge in [-0.3, -0.25) is 24.6 Å². The van der Waals surface area contributed by atoms with Crippen molar-refractivity contribution in [2.24, 2.45) is 29.4 Å². The Labute approximate surface area is 536 Å². The lowest BCUT2D eigenvalue weighted by molar-refractivity contribution is -0.172. The van der Waals surface area contributed by atoms with Gasteiger partial charge in [0.15, 0.2) is 18.0 Å². The Kier molecular flexibility index (Phi) is 28.7. The fourth-order valence-corrected chi connectivity index (χ4v) is 13.0. The number of esters is 1. The van der Waals surface area contributed by atoms with E-state index in [-0.39, 0.29) is 87.5 Å². The second kappa shape index (κ2) is 36.2. The first-order valence-corrected chi connectivity index (χ1v) is 32.4. The number of carbonyl (C=O) groups is 9. The molecule has 3 aromatic rings. The molecule has 9 amide bonds. The maximum atomic E-state index is 13.7. The number of likely N-dealkylation sites (tertiary alicyclic amines) is 4. The van der Waals surface area contributed by atoms with E-state index < -0.39 is 59.7 Å². The molecule has 6 atom stereocenters. The fourth-order valence-electron chi connectivity index (χ4n) is 13.0. The number of imide groups is 2. The fraction of sp³-hybridized carbons (Fsp3) is 0.582. The van der Waals surface area contributed by atoms with Crippen LogP contribution in [0.5, 0.6) is 0 Å². The van der Waals surface area contributed by atoms with Crippen LogP contribution in [0, 0.1) is 29.1 Å². The van der Waals surface area contributed by atoms with E-state index in [2.05, 4.69) is 24.3 Å². The molecule has 0 spiro atoms. The Morgan fingerprint density at radius 3 is 1.36 bits per heavy atom. The summed E-state index contributed by atoms with van der Waals surface area (Å²) in [5.41, 5.74) is 9.01. The normalized spacial score (nSPS) is 21.4. The van der Waals surface area contributed by atoms with Crippen LogP contribution in [0.2, 0.25) is 0 Å². The Morgan fingerprint density at radius 2 is 0.922 bits per heavy atom. The van der Waals surface area contributed by atoms with Crippen LogP contribution < -0.4 is 5.73 Å². The van der Waals surface area contributed by atoms with E-state index in [0.717, 1.165) is 92.4 Å². The van der Waals surface area contributed by atoms with Gasteiger partial charge in [-0.1, -0.05) is 118 Å². The summed E-state index contributed by atoms with van der Waals surface area (Å²) in [5.74, 6) is -3.97. The number of nitrogens with two attached hydrogens (primary N) is 1. The van der Waals surface area contributed by atoms with Crippen molar-refractivity contribution in [2.45, 2.75) is 142 Å². The third kappa shape index (κ3) is 19.6. The lowest BCUT2D eigenvalue weighted by Gasteiger charge is -2.48. The van der Waals surface area contributed by atoms with Crippen LogP contribution in [-0.2, 0) is 57.7 Å². The minimum Gasteiger partial charge on any atom is -0.480 e. The molecule has 6 aliphatic rings. The standard InChI is InChI=1S/C37H48N4O7.C28H40N6O5.C2H6.ClH/c1-2-47-37(46)40-20-12-18-30(26-40)25-31-33(35(44)48-27-29-16-9-4-10-17-29)41(34(31)43)36(45)39-23-21-38(22-24-39)32(42)19-11-5-8-15-28-13-6-3-7-14-28;29-27(30)33-13-7-11-21(19-33)18-22-24(26(37)38)34(25(22)36)28(39)32-16-14-31(15-17-32)23(35)12-6-2-5-10-20-8-3-1-4-9-20;1-2;/h3-4,6-7,9-10,13-14,16-17,30-31,33H,2,5,8,11-12,15,18-27H2,1H3;1,3-4,8-9,21-22,24H,2,5-7,10-19H2,(H3,29,30)(H,37,38);1-2H3;1H/t30?,31-,33?;21?,22-,24?;;/m11../s1. The summed E-state index contributed by atoms with van der Waals surface area (Å²) in [7, 11) is 0. The third-order valence-electron chi connectivity index (χ3n) is 17.8. The van der Waals surface area contributed by atoms with Gasteiger partial charge in [-0.2, -0.15) is 0 Å². The zero-order chi connectivity index (χ0) is 63.8. The van der Waals surface area contributed by atoms with Gasteiger partial charge in [0.25, 0.3) is 0 Å². The van der Waals surface area contributed by atoms with Crippen molar-refractivity contribution in [3.63, 3.8) is 0 Å². The van der Waals surface area contributed by atoms with Crippen molar-refractivity contribution in [3.05, 3.63) is 108 Å². The lowest BCUT2D eigenvalue weighted by atomic mass is 9.78. The molecular weight excluding hydrogens is 1170 g/mol. The molecule has 9 rings (SSSR count). The first-order chi connectivity index (χ1) is 43.1. The summed E-state index contributed by atoms with van der Waals surface area (Å²) < 4.78 is 10.8. The molecule has 0 bridgehead atoms. The highest BCUT2D eigenvalue weighted by Gasteiger charge is 2.58. The van der Waals surface area contributed by atoms with Gasteiger partial charge in [-0.05, 0) is 112 Å². The van der Waals surface area contributed by atoms with Gasteiger partial charge in [-0.15, -0.1) is 12.4 Å². The largest absolute Gasteiger partial charge is 0.480 e. The monoisotopic (exact) mass is 1270 g/mol. The van der Waals surface area contributed by atoms with E-state index >= 15 is 0 Å². The number of urea groups is 2. The van der Waals surface area contributed by atoms with Gasteiger partial charge in [0, 0.05) is 91.4 Å². The molecule has 22 nitrogen and oxygen atoms in total. The summed E-state index contributed by atoms with van der Waals surface area (Å²) >= 11 is 0. The number of carbonyl (C=O) groups excluding carboxylic acids is 8. The summed E-state index contributed by atoms with van der Waals surface area (Å²) in [4.78, 5) is 129. The quantitative estimate of drug-likeness (QED) is 0.0298. The van der Waals surface area contributed by atoms with Crippen LogP contribution >= 0.6 is 12.4 Å². The first kappa shape index (κ1) is 71.3. The topological polar surface area (TPSA) is 268 Å². The number of β-lactam (4-membered cyclic amide) rings is 2. The van der Waals surface area contributed by atoms with Crippen molar-refractivity contribution in [1.82, 2.24) is 39.2 Å². The van der Waals surface area contributed by atoms with Crippen LogP contribution in [0.15, 0.2) is 91.0 Å². The minimum atomic E-state index is -1.19. The number of piperazine rings is 2. The van der Waals surface area contributed by atoms with Gasteiger partial charge in [0.05, 0.1) is 18.4 Å². The Morgan fingerprint density at radius 1 is 0.522 bits per heavy atom. The molecular formula is C67H95ClN10O12. The number of hydrogen-bond donors (Lipinski definition) is 3. The number of hydrogen-bond acceptors (Lipinski definition) is 12. The molecule has 0 radical (unpaired) electrons.